The Morgan fingerprint density at radius 1 is 0.875 bits per heavy atom. The molecule has 2 aromatic carbocycles. The quantitative estimate of drug-likeness (QED) is 0.478. The first kappa shape index (κ1) is 18.2. The fraction of sp³-hybridized carbons (Fsp3) is 0.381. The Kier molecular flexibility index (Phi) is 7.50. The molecular formula is C21H27NO2. The Morgan fingerprint density at radius 3 is 2.12 bits per heavy atom. The minimum absolute atomic E-state index is 0.0429. The largest absolute Gasteiger partial charge is 0.494 e. The van der Waals surface area contributed by atoms with Crippen LogP contribution in [0.1, 0.15) is 42.6 Å². The highest BCUT2D eigenvalue weighted by atomic mass is 16.5. The maximum Gasteiger partial charge on any atom is 0.193 e. The van der Waals surface area contributed by atoms with E-state index >= 15 is 0 Å². The van der Waals surface area contributed by atoms with Crippen molar-refractivity contribution in [3.8, 4) is 5.75 Å². The van der Waals surface area contributed by atoms with Crippen LogP contribution in [0.2, 0.25) is 0 Å². The smallest absolute Gasteiger partial charge is 0.193 e. The van der Waals surface area contributed by atoms with E-state index in [0.717, 1.165) is 38.2 Å². The zero-order valence-corrected chi connectivity index (χ0v) is 14.7. The first-order valence-electron chi connectivity index (χ1n) is 8.79. The van der Waals surface area contributed by atoms with Crippen molar-refractivity contribution < 1.29 is 9.53 Å². The zero-order chi connectivity index (χ0) is 17.2. The Hall–Kier alpha value is -2.13. The number of carbonyl (C=O) groups excluding carboxylic acids is 1. The molecule has 128 valence electrons. The van der Waals surface area contributed by atoms with E-state index in [2.05, 4.69) is 18.7 Å². The van der Waals surface area contributed by atoms with E-state index in [9.17, 15) is 4.79 Å². The molecule has 0 fully saturated rings. The van der Waals surface area contributed by atoms with Crippen LogP contribution in [0.3, 0.4) is 0 Å². The fourth-order valence-corrected chi connectivity index (χ4v) is 2.63. The number of rotatable bonds is 10. The molecular weight excluding hydrogens is 298 g/mol. The molecule has 0 aliphatic carbocycles. The molecule has 0 spiro atoms. The van der Waals surface area contributed by atoms with E-state index in [1.54, 1.807) is 0 Å². The average molecular weight is 325 g/mol. The van der Waals surface area contributed by atoms with E-state index in [4.69, 9.17) is 4.74 Å². The maximum atomic E-state index is 12.3. The van der Waals surface area contributed by atoms with E-state index in [0.29, 0.717) is 17.7 Å². The van der Waals surface area contributed by atoms with Gasteiger partial charge in [0.05, 0.1) is 6.61 Å². The summed E-state index contributed by atoms with van der Waals surface area (Å²) in [5.74, 6) is 0.865. The number of ketones is 1. The van der Waals surface area contributed by atoms with Crippen LogP contribution in [0.5, 0.6) is 5.75 Å². The molecule has 0 unspecified atom stereocenters. The number of unbranched alkanes of at least 4 members (excludes halogenated alkanes) is 1. The van der Waals surface area contributed by atoms with Crippen LogP contribution in [0, 0.1) is 0 Å². The number of hydrogen-bond acceptors (Lipinski definition) is 3. The summed E-state index contributed by atoms with van der Waals surface area (Å²) >= 11 is 0. The highest BCUT2D eigenvalue weighted by molar-refractivity contribution is 6.08. The van der Waals surface area contributed by atoms with Crippen molar-refractivity contribution in [2.75, 3.05) is 26.2 Å². The van der Waals surface area contributed by atoms with Crippen molar-refractivity contribution in [3.05, 3.63) is 65.7 Å². The SMILES string of the molecule is CCN(CC)CCCCOc1ccc(C(=O)c2ccccc2)cc1. The summed E-state index contributed by atoms with van der Waals surface area (Å²) in [5, 5.41) is 0. The van der Waals surface area contributed by atoms with E-state index in [1.165, 1.54) is 0 Å². The van der Waals surface area contributed by atoms with Gasteiger partial charge < -0.3 is 9.64 Å². The molecule has 0 amide bonds. The van der Waals surface area contributed by atoms with Crippen LogP contribution in [-0.4, -0.2) is 36.9 Å². The molecule has 24 heavy (non-hydrogen) atoms. The Bertz CT molecular complexity index is 603. The molecule has 2 rings (SSSR count). The third-order valence-corrected chi connectivity index (χ3v) is 4.18. The first-order valence-corrected chi connectivity index (χ1v) is 8.79. The van der Waals surface area contributed by atoms with Gasteiger partial charge in [-0.1, -0.05) is 44.2 Å². The van der Waals surface area contributed by atoms with Gasteiger partial charge in [0.2, 0.25) is 0 Å². The lowest BCUT2D eigenvalue weighted by Gasteiger charge is -2.17. The highest BCUT2D eigenvalue weighted by Crippen LogP contribution is 2.16. The van der Waals surface area contributed by atoms with Gasteiger partial charge in [-0.2, -0.15) is 0 Å². The van der Waals surface area contributed by atoms with Gasteiger partial charge in [-0.05, 0) is 56.7 Å². The third kappa shape index (κ3) is 5.50. The standard InChI is InChI=1S/C21H27NO2/c1-3-22(4-2)16-8-9-17-24-20-14-12-19(13-15-20)21(23)18-10-6-5-7-11-18/h5-7,10-15H,3-4,8-9,16-17H2,1-2H3. The molecule has 0 saturated carbocycles. The molecule has 0 aliphatic rings. The van der Waals surface area contributed by atoms with Crippen LogP contribution in [0.15, 0.2) is 54.6 Å². The molecule has 0 N–H and O–H groups in total. The second kappa shape index (κ2) is 9.89. The predicted molar refractivity (Wildman–Crippen MR) is 98.8 cm³/mol. The van der Waals surface area contributed by atoms with Crippen LogP contribution in [0.25, 0.3) is 0 Å². The molecule has 3 nitrogen and oxygen atoms in total. The van der Waals surface area contributed by atoms with Gasteiger partial charge in [0.25, 0.3) is 0 Å². The Balaban J connectivity index is 1.77. The molecule has 0 aliphatic heterocycles. The summed E-state index contributed by atoms with van der Waals surface area (Å²) in [5.41, 5.74) is 1.40. The monoisotopic (exact) mass is 325 g/mol. The van der Waals surface area contributed by atoms with Crippen molar-refractivity contribution in [2.45, 2.75) is 26.7 Å². The second-order valence-electron chi connectivity index (χ2n) is 5.80. The maximum absolute atomic E-state index is 12.3. The zero-order valence-electron chi connectivity index (χ0n) is 14.7. The van der Waals surface area contributed by atoms with Crippen molar-refractivity contribution >= 4 is 5.78 Å². The second-order valence-corrected chi connectivity index (χ2v) is 5.80. The molecule has 0 aromatic heterocycles. The molecule has 2 aromatic rings. The molecule has 0 heterocycles. The van der Waals surface area contributed by atoms with Gasteiger partial charge in [0.1, 0.15) is 5.75 Å². The number of ether oxygens (including phenoxy) is 1. The van der Waals surface area contributed by atoms with Crippen LogP contribution in [0.4, 0.5) is 0 Å². The fourth-order valence-electron chi connectivity index (χ4n) is 2.63. The van der Waals surface area contributed by atoms with Crippen LogP contribution < -0.4 is 4.74 Å². The Morgan fingerprint density at radius 2 is 1.50 bits per heavy atom. The van der Waals surface area contributed by atoms with Gasteiger partial charge in [0, 0.05) is 11.1 Å². The number of nitrogens with zero attached hydrogens (tertiary/aromatic N) is 1. The predicted octanol–water partition coefficient (Wildman–Crippen LogP) is 4.42. The summed E-state index contributed by atoms with van der Waals surface area (Å²) < 4.78 is 5.77. The summed E-state index contributed by atoms with van der Waals surface area (Å²) in [6.45, 7) is 8.44. The summed E-state index contributed by atoms with van der Waals surface area (Å²) in [6, 6.07) is 16.8. The first-order chi connectivity index (χ1) is 11.7. The van der Waals surface area contributed by atoms with Gasteiger partial charge >= 0.3 is 0 Å². The minimum atomic E-state index is 0.0429. The minimum Gasteiger partial charge on any atom is -0.494 e. The van der Waals surface area contributed by atoms with Crippen molar-refractivity contribution in [1.82, 2.24) is 4.90 Å². The molecule has 3 heteroatoms. The van der Waals surface area contributed by atoms with E-state index in [-0.39, 0.29) is 5.78 Å². The molecule has 0 atom stereocenters. The summed E-state index contributed by atoms with van der Waals surface area (Å²) in [7, 11) is 0. The van der Waals surface area contributed by atoms with Gasteiger partial charge in [0.15, 0.2) is 5.78 Å². The normalized spacial score (nSPS) is 10.8. The molecule has 0 bridgehead atoms. The van der Waals surface area contributed by atoms with Crippen LogP contribution in [-0.2, 0) is 0 Å². The van der Waals surface area contributed by atoms with Crippen LogP contribution >= 0.6 is 0 Å². The lowest BCUT2D eigenvalue weighted by molar-refractivity contribution is 0.103. The highest BCUT2D eigenvalue weighted by Gasteiger charge is 2.08. The van der Waals surface area contributed by atoms with E-state index < -0.39 is 0 Å². The van der Waals surface area contributed by atoms with E-state index in [1.807, 2.05) is 54.6 Å². The molecule has 0 radical (unpaired) electrons. The topological polar surface area (TPSA) is 29.5 Å². The van der Waals surface area contributed by atoms with Crippen molar-refractivity contribution in [2.24, 2.45) is 0 Å². The van der Waals surface area contributed by atoms with Gasteiger partial charge in [-0.3, -0.25) is 4.79 Å². The lowest BCUT2D eigenvalue weighted by atomic mass is 10.0. The van der Waals surface area contributed by atoms with Crippen molar-refractivity contribution in [3.63, 3.8) is 0 Å². The summed E-state index contributed by atoms with van der Waals surface area (Å²) in [6.07, 6.45) is 2.19. The summed E-state index contributed by atoms with van der Waals surface area (Å²) in [4.78, 5) is 14.8. The number of hydrogen-bond donors (Lipinski definition) is 0. The van der Waals surface area contributed by atoms with Crippen molar-refractivity contribution in [1.29, 1.82) is 0 Å². The van der Waals surface area contributed by atoms with Gasteiger partial charge in [-0.25, -0.2) is 0 Å². The van der Waals surface area contributed by atoms with Gasteiger partial charge in [-0.15, -0.1) is 0 Å². The molecule has 0 saturated heterocycles. The lowest BCUT2D eigenvalue weighted by Crippen LogP contribution is -2.24. The average Bonchev–Trinajstić information content (AvgIpc) is 2.65. The third-order valence-electron chi connectivity index (χ3n) is 4.18. The number of carbonyl (C=O) groups is 1. The Labute approximate surface area is 145 Å². The number of benzene rings is 2.